The van der Waals surface area contributed by atoms with Crippen LogP contribution in [-0.2, 0) is 4.74 Å². The Labute approximate surface area is 101 Å². The summed E-state index contributed by atoms with van der Waals surface area (Å²) in [6, 6.07) is 0. The lowest BCUT2D eigenvalue weighted by Crippen LogP contribution is -2.04. The van der Waals surface area contributed by atoms with E-state index in [1.807, 2.05) is 12.2 Å². The van der Waals surface area contributed by atoms with Crippen LogP contribution in [0, 0.1) is 0 Å². The molecule has 5 heteroatoms. The summed E-state index contributed by atoms with van der Waals surface area (Å²) in [7, 11) is 0. The zero-order chi connectivity index (χ0) is 11.1. The summed E-state index contributed by atoms with van der Waals surface area (Å²) in [5, 5.41) is 3.48. The number of hydrogen-bond acceptors (Lipinski definition) is 4. The Morgan fingerprint density at radius 2 is 2.53 bits per heavy atom. The van der Waals surface area contributed by atoms with Crippen molar-refractivity contribution in [3.8, 4) is 0 Å². The number of carbonyl (C=O) groups is 1. The average molecular weight is 290 g/mol. The van der Waals surface area contributed by atoms with Crippen LogP contribution in [0.3, 0.4) is 0 Å². The van der Waals surface area contributed by atoms with Crippen molar-refractivity contribution in [1.82, 2.24) is 4.98 Å². The largest absolute Gasteiger partial charge is 0.461 e. The normalized spacial score (nSPS) is 10.8. The van der Waals surface area contributed by atoms with Crippen molar-refractivity contribution in [1.29, 1.82) is 0 Å². The Balaban J connectivity index is 2.59. The van der Waals surface area contributed by atoms with Gasteiger partial charge in [0.2, 0.25) is 0 Å². The number of thiazole rings is 1. The molecule has 0 radical (unpaired) electrons. The summed E-state index contributed by atoms with van der Waals surface area (Å²) in [6.07, 6.45) is 4.88. The minimum atomic E-state index is -0.353. The predicted octanol–water partition coefficient (Wildman–Crippen LogP) is 3.12. The summed E-state index contributed by atoms with van der Waals surface area (Å²) in [5.74, 6) is -0.353. The van der Waals surface area contributed by atoms with E-state index in [4.69, 9.17) is 4.74 Å². The van der Waals surface area contributed by atoms with E-state index in [1.165, 1.54) is 11.3 Å². The van der Waals surface area contributed by atoms with Crippen LogP contribution in [0.4, 0.5) is 0 Å². The maximum Gasteiger partial charge on any atom is 0.357 e. The first kappa shape index (κ1) is 12.4. The van der Waals surface area contributed by atoms with Crippen molar-refractivity contribution in [2.24, 2.45) is 0 Å². The van der Waals surface area contributed by atoms with Gasteiger partial charge in [-0.25, -0.2) is 9.78 Å². The molecule has 1 heterocycles. The summed E-state index contributed by atoms with van der Waals surface area (Å²) in [5.41, 5.74) is 0.389. The van der Waals surface area contributed by atoms with Crippen LogP contribution < -0.4 is 0 Å². The van der Waals surface area contributed by atoms with Crippen LogP contribution in [0.15, 0.2) is 11.5 Å². The van der Waals surface area contributed by atoms with Crippen molar-refractivity contribution in [3.05, 3.63) is 22.2 Å². The lowest BCUT2D eigenvalue weighted by Gasteiger charge is -1.95. The molecule has 0 bridgehead atoms. The lowest BCUT2D eigenvalue weighted by atomic mass is 10.4. The highest BCUT2D eigenvalue weighted by Gasteiger charge is 2.09. The number of alkyl halides is 1. The summed E-state index contributed by atoms with van der Waals surface area (Å²) >= 11 is 4.77. The minimum absolute atomic E-state index is 0.353. The fourth-order valence-corrected chi connectivity index (χ4v) is 1.88. The second kappa shape index (κ2) is 6.74. The van der Waals surface area contributed by atoms with E-state index in [0.29, 0.717) is 12.3 Å². The third kappa shape index (κ3) is 4.13. The van der Waals surface area contributed by atoms with E-state index in [9.17, 15) is 4.79 Å². The second-order valence-corrected chi connectivity index (χ2v) is 4.35. The van der Waals surface area contributed by atoms with E-state index in [2.05, 4.69) is 20.9 Å². The monoisotopic (exact) mass is 289 g/mol. The number of ether oxygens (including phenoxy) is 1. The van der Waals surface area contributed by atoms with Crippen molar-refractivity contribution in [2.75, 3.05) is 11.9 Å². The molecule has 0 N–H and O–H groups in total. The predicted molar refractivity (Wildman–Crippen MR) is 65.5 cm³/mol. The second-order valence-electron chi connectivity index (χ2n) is 2.67. The van der Waals surface area contributed by atoms with Gasteiger partial charge in [-0.05, 0) is 19.4 Å². The number of nitrogens with zero attached hydrogens (tertiary/aromatic N) is 1. The van der Waals surface area contributed by atoms with E-state index >= 15 is 0 Å². The molecule has 0 atom stereocenters. The molecule has 0 aromatic carbocycles. The van der Waals surface area contributed by atoms with Crippen LogP contribution in [0.25, 0.3) is 6.08 Å². The summed E-state index contributed by atoms with van der Waals surface area (Å²) in [4.78, 5) is 15.4. The Morgan fingerprint density at radius 1 is 1.73 bits per heavy atom. The van der Waals surface area contributed by atoms with Gasteiger partial charge in [-0.2, -0.15) is 0 Å². The fraction of sp³-hybridized carbons (Fsp3) is 0.400. The highest BCUT2D eigenvalue weighted by Crippen LogP contribution is 2.12. The van der Waals surface area contributed by atoms with Gasteiger partial charge in [0.05, 0.1) is 6.61 Å². The first-order valence-electron chi connectivity index (χ1n) is 4.63. The van der Waals surface area contributed by atoms with Gasteiger partial charge in [0.15, 0.2) is 5.69 Å². The molecule has 0 aliphatic rings. The van der Waals surface area contributed by atoms with Crippen molar-refractivity contribution in [2.45, 2.75) is 13.3 Å². The van der Waals surface area contributed by atoms with Gasteiger partial charge in [-0.3, -0.25) is 0 Å². The maximum absolute atomic E-state index is 11.3. The number of hydrogen-bond donors (Lipinski definition) is 0. The number of carbonyl (C=O) groups excluding carboxylic acids is 1. The molecule has 0 spiro atoms. The van der Waals surface area contributed by atoms with Crippen LogP contribution in [-0.4, -0.2) is 22.9 Å². The van der Waals surface area contributed by atoms with E-state index < -0.39 is 0 Å². The van der Waals surface area contributed by atoms with Gasteiger partial charge in [-0.1, -0.05) is 22.0 Å². The number of esters is 1. The van der Waals surface area contributed by atoms with Crippen molar-refractivity contribution >= 4 is 39.3 Å². The maximum atomic E-state index is 11.3. The highest BCUT2D eigenvalue weighted by atomic mass is 79.9. The first-order valence-corrected chi connectivity index (χ1v) is 6.63. The fourth-order valence-electron chi connectivity index (χ4n) is 0.910. The molecule has 82 valence electrons. The molecule has 15 heavy (non-hydrogen) atoms. The van der Waals surface area contributed by atoms with Gasteiger partial charge in [0.25, 0.3) is 0 Å². The van der Waals surface area contributed by atoms with E-state index in [-0.39, 0.29) is 5.97 Å². The van der Waals surface area contributed by atoms with Crippen molar-refractivity contribution in [3.63, 3.8) is 0 Å². The lowest BCUT2D eigenvalue weighted by molar-refractivity contribution is 0.0520. The molecule has 0 unspecified atom stereocenters. The molecule has 0 fully saturated rings. The molecule has 1 rings (SSSR count). The van der Waals surface area contributed by atoms with Crippen LogP contribution in [0.2, 0.25) is 0 Å². The third-order valence-corrected chi connectivity index (χ3v) is 2.81. The van der Waals surface area contributed by atoms with Gasteiger partial charge in [-0.15, -0.1) is 11.3 Å². The molecular weight excluding hydrogens is 278 g/mol. The molecule has 0 aliphatic heterocycles. The Kier molecular flexibility index (Phi) is 5.57. The van der Waals surface area contributed by atoms with Gasteiger partial charge in [0, 0.05) is 10.7 Å². The molecule has 0 saturated carbocycles. The highest BCUT2D eigenvalue weighted by molar-refractivity contribution is 9.09. The topological polar surface area (TPSA) is 39.2 Å². The Morgan fingerprint density at radius 3 is 3.20 bits per heavy atom. The molecule has 0 aliphatic carbocycles. The van der Waals surface area contributed by atoms with Gasteiger partial charge >= 0.3 is 5.97 Å². The van der Waals surface area contributed by atoms with Gasteiger partial charge < -0.3 is 4.74 Å². The number of halogens is 1. The van der Waals surface area contributed by atoms with E-state index in [0.717, 1.165) is 16.8 Å². The molecular formula is C10H12BrNO2S. The van der Waals surface area contributed by atoms with Crippen LogP contribution in [0.5, 0.6) is 0 Å². The SMILES string of the molecule is CCOC(=O)c1csc(C=CCCBr)n1. The quantitative estimate of drug-likeness (QED) is 0.618. The van der Waals surface area contributed by atoms with E-state index in [1.54, 1.807) is 12.3 Å². The summed E-state index contributed by atoms with van der Waals surface area (Å²) in [6.45, 7) is 2.16. The van der Waals surface area contributed by atoms with Crippen LogP contribution in [0.1, 0.15) is 28.8 Å². The summed E-state index contributed by atoms with van der Waals surface area (Å²) < 4.78 is 4.84. The first-order chi connectivity index (χ1) is 7.27. The standard InChI is InChI=1S/C10H12BrNO2S/c1-2-14-10(13)8-7-15-9(12-8)5-3-4-6-11/h3,5,7H,2,4,6H2,1H3. The van der Waals surface area contributed by atoms with Gasteiger partial charge in [0.1, 0.15) is 5.01 Å². The zero-order valence-corrected chi connectivity index (χ0v) is 10.8. The Hall–Kier alpha value is -0.680. The molecule has 1 aromatic heterocycles. The zero-order valence-electron chi connectivity index (χ0n) is 8.40. The molecule has 3 nitrogen and oxygen atoms in total. The van der Waals surface area contributed by atoms with Crippen LogP contribution >= 0.6 is 27.3 Å². The molecule has 1 aromatic rings. The third-order valence-electron chi connectivity index (χ3n) is 1.54. The smallest absolute Gasteiger partial charge is 0.357 e. The number of allylic oxidation sites excluding steroid dienone is 1. The van der Waals surface area contributed by atoms with Crippen molar-refractivity contribution < 1.29 is 9.53 Å². The number of rotatable bonds is 5. The molecule has 0 amide bonds. The Bertz CT molecular complexity index is 349. The average Bonchev–Trinajstić information content (AvgIpc) is 2.67. The number of aromatic nitrogens is 1. The molecule has 0 saturated heterocycles. The minimum Gasteiger partial charge on any atom is -0.461 e.